The van der Waals surface area contributed by atoms with Crippen LogP contribution in [0.15, 0.2) is 114 Å². The third-order valence-corrected chi connectivity index (χ3v) is 7.26. The summed E-state index contributed by atoms with van der Waals surface area (Å²) in [5, 5.41) is 2.29. The lowest BCUT2D eigenvalue weighted by molar-refractivity contribution is 0.668. The lowest BCUT2D eigenvalue weighted by Crippen LogP contribution is -1.97. The maximum Gasteiger partial charge on any atom is 0.145 e. The zero-order valence-electron chi connectivity index (χ0n) is 20.9. The molecule has 0 aliphatic carbocycles. The van der Waals surface area contributed by atoms with Crippen molar-refractivity contribution in [2.45, 2.75) is 32.6 Å². The van der Waals surface area contributed by atoms with Gasteiger partial charge in [-0.2, -0.15) is 0 Å². The minimum Gasteiger partial charge on any atom is -0.455 e. The van der Waals surface area contributed by atoms with E-state index in [1.807, 2.05) is 6.20 Å². The first-order chi connectivity index (χ1) is 17.6. The summed E-state index contributed by atoms with van der Waals surface area (Å²) in [7, 11) is 0. The first kappa shape index (κ1) is 22.3. The molecule has 36 heavy (non-hydrogen) atoms. The fraction of sp³-hybridized carbons (Fsp3) is 0.147. The van der Waals surface area contributed by atoms with Crippen LogP contribution >= 0.6 is 0 Å². The number of hydrogen-bond acceptors (Lipinski definition) is 2. The van der Waals surface area contributed by atoms with Crippen molar-refractivity contribution in [3.8, 4) is 22.4 Å². The predicted molar refractivity (Wildman–Crippen MR) is 150 cm³/mol. The maximum atomic E-state index is 6.64. The van der Waals surface area contributed by atoms with E-state index in [4.69, 9.17) is 9.40 Å². The van der Waals surface area contributed by atoms with Crippen molar-refractivity contribution >= 4 is 21.9 Å². The molecule has 0 fully saturated rings. The normalized spacial score (nSPS) is 12.4. The monoisotopic (exact) mass is 467 g/mol. The highest BCUT2D eigenvalue weighted by atomic mass is 16.3. The Labute approximate surface area is 212 Å². The van der Waals surface area contributed by atoms with Gasteiger partial charge in [0.15, 0.2) is 0 Å². The summed E-state index contributed by atoms with van der Waals surface area (Å²) in [5.74, 6) is 0.713. The Balaban J connectivity index is 1.57. The van der Waals surface area contributed by atoms with E-state index < -0.39 is 0 Å². The van der Waals surface area contributed by atoms with Crippen LogP contribution in [-0.2, 0) is 0 Å². The summed E-state index contributed by atoms with van der Waals surface area (Å²) in [6.07, 6.45) is 1.92. The molecule has 2 heteroatoms. The average Bonchev–Trinajstić information content (AvgIpc) is 3.32. The molecule has 0 aliphatic heterocycles. The molecule has 2 heterocycles. The molecule has 2 aromatic heterocycles. The SMILES string of the molecule is CC(C)c1ccc2c(c1)oc1c(-c3cc(C(C)c4ccccc4)ccn3)ccc(-c3ccccc3)c12. The highest BCUT2D eigenvalue weighted by Crippen LogP contribution is 2.42. The molecule has 0 spiro atoms. The summed E-state index contributed by atoms with van der Waals surface area (Å²) >= 11 is 0. The fourth-order valence-electron chi connectivity index (χ4n) is 5.11. The molecule has 0 bridgehead atoms. The highest BCUT2D eigenvalue weighted by molar-refractivity contribution is 6.16. The zero-order valence-corrected chi connectivity index (χ0v) is 20.9. The molecule has 0 amide bonds. The van der Waals surface area contributed by atoms with Crippen molar-refractivity contribution in [3.63, 3.8) is 0 Å². The van der Waals surface area contributed by atoms with Gasteiger partial charge < -0.3 is 4.42 Å². The summed E-state index contributed by atoms with van der Waals surface area (Å²) in [6.45, 7) is 6.68. The minimum atomic E-state index is 0.274. The van der Waals surface area contributed by atoms with Gasteiger partial charge >= 0.3 is 0 Å². The summed E-state index contributed by atoms with van der Waals surface area (Å²) in [4.78, 5) is 4.79. The number of fused-ring (bicyclic) bond motifs is 3. The summed E-state index contributed by atoms with van der Waals surface area (Å²) in [5.41, 5.74) is 9.95. The number of furan rings is 1. The first-order valence-electron chi connectivity index (χ1n) is 12.7. The molecule has 176 valence electrons. The van der Waals surface area contributed by atoms with Crippen LogP contribution in [0.25, 0.3) is 44.3 Å². The zero-order chi connectivity index (χ0) is 24.6. The van der Waals surface area contributed by atoms with Gasteiger partial charge in [0.05, 0.1) is 5.69 Å². The molecule has 0 N–H and O–H groups in total. The molecule has 1 unspecified atom stereocenters. The van der Waals surface area contributed by atoms with E-state index in [-0.39, 0.29) is 5.92 Å². The number of hydrogen-bond donors (Lipinski definition) is 0. The molecule has 0 radical (unpaired) electrons. The second-order valence-corrected chi connectivity index (χ2v) is 9.85. The Morgan fingerprint density at radius 2 is 1.36 bits per heavy atom. The predicted octanol–water partition coefficient (Wildman–Crippen LogP) is 9.59. The average molecular weight is 468 g/mol. The molecule has 0 aliphatic rings. The number of rotatable bonds is 5. The van der Waals surface area contributed by atoms with Gasteiger partial charge in [-0.1, -0.05) is 99.6 Å². The van der Waals surface area contributed by atoms with Crippen LogP contribution in [0.2, 0.25) is 0 Å². The van der Waals surface area contributed by atoms with E-state index in [2.05, 4.69) is 124 Å². The standard InChI is InChI=1S/C34H29NO/c1-22(2)26-14-15-30-32(21-26)36-34-29(17-16-28(33(30)34)25-12-8-5-9-13-25)31-20-27(18-19-35-31)23(3)24-10-6-4-7-11-24/h4-23H,1-3H3. The Kier molecular flexibility index (Phi) is 5.65. The van der Waals surface area contributed by atoms with Gasteiger partial charge in [0.25, 0.3) is 0 Å². The highest BCUT2D eigenvalue weighted by Gasteiger charge is 2.19. The number of nitrogens with zero attached hydrogens (tertiary/aromatic N) is 1. The number of pyridine rings is 1. The second kappa shape index (κ2) is 9.13. The Morgan fingerprint density at radius 3 is 2.11 bits per heavy atom. The number of aromatic nitrogens is 1. The van der Waals surface area contributed by atoms with Crippen LogP contribution in [-0.4, -0.2) is 4.98 Å². The maximum absolute atomic E-state index is 6.64. The molecule has 0 saturated carbocycles. The van der Waals surface area contributed by atoms with Gasteiger partial charge in [-0.3, -0.25) is 4.98 Å². The summed E-state index contributed by atoms with van der Waals surface area (Å²) in [6, 6.07) is 36.5. The van der Waals surface area contributed by atoms with Gasteiger partial charge in [-0.05, 0) is 58.0 Å². The van der Waals surface area contributed by atoms with Crippen molar-refractivity contribution in [2.75, 3.05) is 0 Å². The van der Waals surface area contributed by atoms with E-state index >= 15 is 0 Å². The Morgan fingerprint density at radius 1 is 0.639 bits per heavy atom. The second-order valence-electron chi connectivity index (χ2n) is 9.85. The molecular formula is C34H29NO. The third kappa shape index (κ3) is 3.89. The molecule has 6 aromatic rings. The summed E-state index contributed by atoms with van der Waals surface area (Å²) < 4.78 is 6.64. The van der Waals surface area contributed by atoms with Crippen molar-refractivity contribution in [3.05, 3.63) is 126 Å². The van der Waals surface area contributed by atoms with Gasteiger partial charge in [-0.15, -0.1) is 0 Å². The van der Waals surface area contributed by atoms with Crippen LogP contribution < -0.4 is 0 Å². The van der Waals surface area contributed by atoms with Crippen molar-refractivity contribution in [2.24, 2.45) is 0 Å². The van der Waals surface area contributed by atoms with Crippen LogP contribution in [0.4, 0.5) is 0 Å². The molecule has 0 saturated heterocycles. The molecule has 6 rings (SSSR count). The smallest absolute Gasteiger partial charge is 0.145 e. The fourth-order valence-corrected chi connectivity index (χ4v) is 5.11. The van der Waals surface area contributed by atoms with Crippen LogP contribution in [0, 0.1) is 0 Å². The topological polar surface area (TPSA) is 26.0 Å². The van der Waals surface area contributed by atoms with Crippen molar-refractivity contribution < 1.29 is 4.42 Å². The van der Waals surface area contributed by atoms with Crippen LogP contribution in [0.1, 0.15) is 49.3 Å². The van der Waals surface area contributed by atoms with Crippen LogP contribution in [0.5, 0.6) is 0 Å². The van der Waals surface area contributed by atoms with Crippen LogP contribution in [0.3, 0.4) is 0 Å². The van der Waals surface area contributed by atoms with E-state index in [1.165, 1.54) is 27.8 Å². The van der Waals surface area contributed by atoms with E-state index in [9.17, 15) is 0 Å². The lowest BCUT2D eigenvalue weighted by atomic mass is 9.91. The quantitative estimate of drug-likeness (QED) is 0.252. The van der Waals surface area contributed by atoms with Crippen molar-refractivity contribution in [1.82, 2.24) is 4.98 Å². The van der Waals surface area contributed by atoms with Crippen molar-refractivity contribution in [1.29, 1.82) is 0 Å². The minimum absolute atomic E-state index is 0.274. The molecule has 1 atom stereocenters. The first-order valence-corrected chi connectivity index (χ1v) is 12.7. The molecule has 4 aromatic carbocycles. The van der Waals surface area contributed by atoms with E-state index in [0.29, 0.717) is 5.92 Å². The van der Waals surface area contributed by atoms with Gasteiger partial charge in [-0.25, -0.2) is 0 Å². The Bertz CT molecular complexity index is 1660. The number of benzene rings is 4. The molecule has 2 nitrogen and oxygen atoms in total. The third-order valence-electron chi connectivity index (χ3n) is 7.26. The molecular weight excluding hydrogens is 438 g/mol. The van der Waals surface area contributed by atoms with E-state index in [0.717, 1.165) is 33.2 Å². The van der Waals surface area contributed by atoms with Gasteiger partial charge in [0.2, 0.25) is 0 Å². The van der Waals surface area contributed by atoms with Gasteiger partial charge in [0.1, 0.15) is 11.2 Å². The lowest BCUT2D eigenvalue weighted by Gasteiger charge is -2.14. The van der Waals surface area contributed by atoms with E-state index in [1.54, 1.807) is 0 Å². The largest absolute Gasteiger partial charge is 0.455 e. The van der Waals surface area contributed by atoms with Gasteiger partial charge in [0, 0.05) is 28.5 Å². The Hall–Kier alpha value is -4.17.